The lowest BCUT2D eigenvalue weighted by Gasteiger charge is -2.45. The zero-order chi connectivity index (χ0) is 12.3. The third kappa shape index (κ3) is 1.53. The summed E-state index contributed by atoms with van der Waals surface area (Å²) in [7, 11) is 0. The average Bonchev–Trinajstić information content (AvgIpc) is 2.77. The lowest BCUT2D eigenvalue weighted by molar-refractivity contribution is 0.0271. The maximum Gasteiger partial charge on any atom is 0.202 e. The van der Waals surface area contributed by atoms with Crippen molar-refractivity contribution < 1.29 is 4.74 Å². The van der Waals surface area contributed by atoms with E-state index in [-0.39, 0.29) is 5.72 Å². The van der Waals surface area contributed by atoms with E-state index in [1.807, 2.05) is 23.9 Å². The molecule has 3 nitrogen and oxygen atoms in total. The molecule has 0 saturated carbocycles. The second-order valence-corrected chi connectivity index (χ2v) is 7.09. The summed E-state index contributed by atoms with van der Waals surface area (Å²) in [6, 6.07) is 6.69. The van der Waals surface area contributed by atoms with Crippen molar-refractivity contribution in [2.75, 3.05) is 12.3 Å². The Labute approximate surface area is 119 Å². The SMILES string of the molecule is CC12CC(c3cc(Br)ccc3O1)N1CCSC1=N2. The van der Waals surface area contributed by atoms with Gasteiger partial charge in [-0.25, -0.2) is 4.99 Å². The van der Waals surface area contributed by atoms with Crippen molar-refractivity contribution in [1.29, 1.82) is 0 Å². The van der Waals surface area contributed by atoms with Gasteiger partial charge in [-0.3, -0.25) is 0 Å². The minimum atomic E-state index is -0.380. The van der Waals surface area contributed by atoms with E-state index in [0.29, 0.717) is 6.04 Å². The van der Waals surface area contributed by atoms with E-state index in [2.05, 4.69) is 33.8 Å². The minimum absolute atomic E-state index is 0.380. The lowest BCUT2D eigenvalue weighted by Crippen LogP contribution is -2.48. The number of nitrogens with zero attached hydrogens (tertiary/aromatic N) is 2. The molecule has 0 aromatic heterocycles. The first kappa shape index (κ1) is 11.2. The Hall–Kier alpha value is -0.680. The van der Waals surface area contributed by atoms with Gasteiger partial charge in [-0.1, -0.05) is 27.7 Å². The van der Waals surface area contributed by atoms with Crippen LogP contribution < -0.4 is 4.74 Å². The molecule has 18 heavy (non-hydrogen) atoms. The van der Waals surface area contributed by atoms with Gasteiger partial charge in [0.1, 0.15) is 5.75 Å². The van der Waals surface area contributed by atoms with Crippen LogP contribution in [0.5, 0.6) is 5.75 Å². The van der Waals surface area contributed by atoms with Gasteiger partial charge in [0.05, 0.1) is 6.04 Å². The quantitative estimate of drug-likeness (QED) is 0.731. The van der Waals surface area contributed by atoms with Crippen molar-refractivity contribution >= 4 is 32.9 Å². The van der Waals surface area contributed by atoms with Crippen molar-refractivity contribution in [3.8, 4) is 5.75 Å². The molecule has 2 atom stereocenters. The number of ether oxygens (including phenoxy) is 1. The minimum Gasteiger partial charge on any atom is -0.466 e. The number of halogens is 1. The van der Waals surface area contributed by atoms with E-state index in [4.69, 9.17) is 9.73 Å². The molecule has 0 aliphatic carbocycles. The van der Waals surface area contributed by atoms with Crippen LogP contribution in [0.3, 0.4) is 0 Å². The average molecular weight is 325 g/mol. The molecule has 3 heterocycles. The van der Waals surface area contributed by atoms with Gasteiger partial charge in [0.15, 0.2) is 5.17 Å². The third-order valence-corrected chi connectivity index (χ3v) is 5.21. The molecule has 1 aromatic rings. The summed E-state index contributed by atoms with van der Waals surface area (Å²) in [5.41, 5.74) is 0.908. The molecule has 4 rings (SSSR count). The first-order chi connectivity index (χ1) is 8.65. The highest BCUT2D eigenvalue weighted by atomic mass is 79.9. The topological polar surface area (TPSA) is 24.8 Å². The number of amidine groups is 1. The Morgan fingerprint density at radius 1 is 1.56 bits per heavy atom. The van der Waals surface area contributed by atoms with Crippen LogP contribution in [-0.4, -0.2) is 28.1 Å². The summed E-state index contributed by atoms with van der Waals surface area (Å²) in [6.45, 7) is 3.18. The number of fused-ring (bicyclic) bond motifs is 6. The van der Waals surface area contributed by atoms with Gasteiger partial charge < -0.3 is 9.64 Å². The van der Waals surface area contributed by atoms with E-state index in [1.165, 1.54) is 5.56 Å². The maximum atomic E-state index is 6.11. The first-order valence-electron chi connectivity index (χ1n) is 6.12. The molecule has 0 radical (unpaired) electrons. The number of benzene rings is 1. The fourth-order valence-corrected chi connectivity index (χ4v) is 4.46. The molecular weight excluding hydrogens is 312 g/mol. The van der Waals surface area contributed by atoms with E-state index >= 15 is 0 Å². The summed E-state index contributed by atoms with van der Waals surface area (Å²) in [4.78, 5) is 7.22. The second kappa shape index (κ2) is 3.67. The monoisotopic (exact) mass is 324 g/mol. The number of thioether (sulfide) groups is 1. The number of rotatable bonds is 0. The van der Waals surface area contributed by atoms with Gasteiger partial charge in [0, 0.05) is 28.8 Å². The lowest BCUT2D eigenvalue weighted by atomic mass is 9.91. The summed E-state index contributed by atoms with van der Waals surface area (Å²) < 4.78 is 7.22. The fourth-order valence-electron chi connectivity index (χ4n) is 2.97. The van der Waals surface area contributed by atoms with Crippen LogP contribution in [0.25, 0.3) is 0 Å². The molecule has 0 N–H and O–H groups in total. The summed E-state index contributed by atoms with van der Waals surface area (Å²) >= 11 is 5.40. The maximum absolute atomic E-state index is 6.11. The molecule has 1 aromatic carbocycles. The highest BCUT2D eigenvalue weighted by Crippen LogP contribution is 2.49. The van der Waals surface area contributed by atoms with E-state index in [9.17, 15) is 0 Å². The summed E-state index contributed by atoms with van der Waals surface area (Å²) in [6.07, 6.45) is 0.945. The van der Waals surface area contributed by atoms with Gasteiger partial charge in [-0.05, 0) is 25.1 Å². The predicted molar refractivity (Wildman–Crippen MR) is 77.1 cm³/mol. The normalized spacial score (nSPS) is 32.4. The van der Waals surface area contributed by atoms with Crippen molar-refractivity contribution in [3.05, 3.63) is 28.2 Å². The van der Waals surface area contributed by atoms with E-state index in [0.717, 1.165) is 34.1 Å². The van der Waals surface area contributed by atoms with Gasteiger partial charge in [0.25, 0.3) is 0 Å². The van der Waals surface area contributed by atoms with Crippen molar-refractivity contribution in [2.24, 2.45) is 4.99 Å². The van der Waals surface area contributed by atoms with E-state index < -0.39 is 0 Å². The third-order valence-electron chi connectivity index (χ3n) is 3.75. The van der Waals surface area contributed by atoms with Crippen molar-refractivity contribution in [2.45, 2.75) is 25.1 Å². The Bertz CT molecular complexity index is 562. The fraction of sp³-hybridized carbons (Fsp3) is 0.462. The van der Waals surface area contributed by atoms with Gasteiger partial charge in [0.2, 0.25) is 5.72 Å². The highest BCUT2D eigenvalue weighted by Gasteiger charge is 2.46. The Morgan fingerprint density at radius 2 is 2.44 bits per heavy atom. The van der Waals surface area contributed by atoms with Crippen LogP contribution in [0.1, 0.15) is 24.9 Å². The predicted octanol–water partition coefficient (Wildman–Crippen LogP) is 3.41. The second-order valence-electron chi connectivity index (χ2n) is 5.12. The van der Waals surface area contributed by atoms with Gasteiger partial charge in [-0.15, -0.1) is 0 Å². The summed E-state index contributed by atoms with van der Waals surface area (Å²) in [5.74, 6) is 2.12. The molecule has 94 valence electrons. The van der Waals surface area contributed by atoms with Crippen LogP contribution in [0.15, 0.2) is 27.7 Å². The molecule has 3 aliphatic heterocycles. The van der Waals surface area contributed by atoms with Crippen molar-refractivity contribution in [3.63, 3.8) is 0 Å². The number of aliphatic imine (C=N–C) groups is 1. The van der Waals surface area contributed by atoms with Gasteiger partial charge >= 0.3 is 0 Å². The molecule has 3 aliphatic rings. The van der Waals surface area contributed by atoms with Crippen molar-refractivity contribution in [1.82, 2.24) is 4.90 Å². The van der Waals surface area contributed by atoms with Crippen LogP contribution in [0.4, 0.5) is 0 Å². The smallest absolute Gasteiger partial charge is 0.202 e. The number of hydrogen-bond acceptors (Lipinski definition) is 4. The van der Waals surface area contributed by atoms with Gasteiger partial charge in [-0.2, -0.15) is 0 Å². The Kier molecular flexibility index (Phi) is 2.28. The Balaban J connectivity index is 1.89. The van der Waals surface area contributed by atoms with E-state index in [1.54, 1.807) is 0 Å². The largest absolute Gasteiger partial charge is 0.466 e. The number of hydrogen-bond donors (Lipinski definition) is 0. The van der Waals surface area contributed by atoms with Crippen LogP contribution in [-0.2, 0) is 0 Å². The highest BCUT2D eigenvalue weighted by molar-refractivity contribution is 9.10. The molecule has 1 saturated heterocycles. The zero-order valence-corrected chi connectivity index (χ0v) is 12.4. The molecule has 0 amide bonds. The van der Waals surface area contributed by atoms with Crippen LogP contribution in [0.2, 0.25) is 0 Å². The molecule has 5 heteroatoms. The Morgan fingerprint density at radius 3 is 3.33 bits per heavy atom. The molecule has 2 bridgehead atoms. The molecule has 1 fully saturated rings. The standard InChI is InChI=1S/C13H13BrN2OS/c1-13-7-10(16-4-5-18-12(16)15-13)9-6-8(14)2-3-11(9)17-13/h2-3,6,10H,4-5,7H2,1H3. The van der Waals surface area contributed by atoms with Crippen LogP contribution in [0, 0.1) is 0 Å². The molecular formula is C13H13BrN2OS. The first-order valence-corrected chi connectivity index (χ1v) is 7.90. The summed E-state index contributed by atoms with van der Waals surface area (Å²) in [5, 5.41) is 1.15. The zero-order valence-electron chi connectivity index (χ0n) is 10.0. The molecule has 0 spiro atoms. The van der Waals surface area contributed by atoms with Crippen LogP contribution >= 0.6 is 27.7 Å². The molecule has 2 unspecified atom stereocenters.